The molecule has 0 aliphatic carbocycles. The highest BCUT2D eigenvalue weighted by atomic mass is 16.5. The SMILES string of the molecule is NC(=O)C1CNCc2c1c1c(OCC(=O)O)cccc1n2Cc1ccccc1. The highest BCUT2D eigenvalue weighted by Gasteiger charge is 2.32. The van der Waals surface area contributed by atoms with Gasteiger partial charge >= 0.3 is 5.97 Å². The first kappa shape index (κ1) is 18.1. The maximum atomic E-state index is 12.1. The second-order valence-electron chi connectivity index (χ2n) is 6.85. The molecule has 4 rings (SSSR count). The van der Waals surface area contributed by atoms with Gasteiger partial charge in [-0.05, 0) is 23.3 Å². The van der Waals surface area contributed by atoms with Crippen molar-refractivity contribution in [2.75, 3.05) is 13.2 Å². The lowest BCUT2D eigenvalue weighted by atomic mass is 9.92. The second kappa shape index (κ2) is 7.36. The zero-order chi connectivity index (χ0) is 19.7. The van der Waals surface area contributed by atoms with Gasteiger partial charge in [0.1, 0.15) is 5.75 Å². The molecule has 0 bridgehead atoms. The Morgan fingerprint density at radius 2 is 1.96 bits per heavy atom. The minimum atomic E-state index is -1.05. The molecule has 1 aliphatic rings. The van der Waals surface area contributed by atoms with Gasteiger partial charge in [0.05, 0.1) is 11.4 Å². The molecule has 0 saturated carbocycles. The van der Waals surface area contributed by atoms with E-state index in [2.05, 4.69) is 9.88 Å². The van der Waals surface area contributed by atoms with Crippen molar-refractivity contribution in [1.29, 1.82) is 0 Å². The number of carboxylic acid groups (broad SMARTS) is 1. The number of fused-ring (bicyclic) bond motifs is 3. The minimum absolute atomic E-state index is 0.416. The zero-order valence-corrected chi connectivity index (χ0v) is 15.2. The van der Waals surface area contributed by atoms with Crippen molar-refractivity contribution in [2.45, 2.75) is 19.0 Å². The number of hydrogen-bond acceptors (Lipinski definition) is 4. The molecule has 0 saturated heterocycles. The van der Waals surface area contributed by atoms with Crippen molar-refractivity contribution in [1.82, 2.24) is 9.88 Å². The average molecular weight is 379 g/mol. The molecule has 0 spiro atoms. The lowest BCUT2D eigenvalue weighted by Gasteiger charge is -2.23. The number of amides is 1. The molecule has 1 unspecified atom stereocenters. The Kier molecular flexibility index (Phi) is 4.75. The average Bonchev–Trinajstić information content (AvgIpc) is 3.01. The molecule has 4 N–H and O–H groups in total. The predicted octanol–water partition coefficient (Wildman–Crippen LogP) is 1.83. The molecule has 0 fully saturated rings. The third-order valence-corrected chi connectivity index (χ3v) is 5.07. The number of nitrogens with zero attached hydrogens (tertiary/aromatic N) is 1. The molecule has 2 heterocycles. The van der Waals surface area contributed by atoms with Crippen molar-refractivity contribution < 1.29 is 19.4 Å². The van der Waals surface area contributed by atoms with E-state index >= 15 is 0 Å². The van der Waals surface area contributed by atoms with E-state index in [9.17, 15) is 9.59 Å². The molecule has 7 heteroatoms. The van der Waals surface area contributed by atoms with Gasteiger partial charge in [0.2, 0.25) is 5.91 Å². The van der Waals surface area contributed by atoms with E-state index in [1.165, 1.54) is 0 Å². The van der Waals surface area contributed by atoms with Crippen molar-refractivity contribution in [3.63, 3.8) is 0 Å². The first-order chi connectivity index (χ1) is 13.6. The molecule has 28 heavy (non-hydrogen) atoms. The van der Waals surface area contributed by atoms with E-state index in [1.54, 1.807) is 6.07 Å². The summed E-state index contributed by atoms with van der Waals surface area (Å²) in [5.41, 5.74) is 9.51. The maximum absolute atomic E-state index is 12.1. The van der Waals surface area contributed by atoms with Crippen LogP contribution in [0.15, 0.2) is 48.5 Å². The molecule has 1 atom stereocenters. The van der Waals surface area contributed by atoms with Gasteiger partial charge in [-0.2, -0.15) is 0 Å². The Labute approximate surface area is 161 Å². The monoisotopic (exact) mass is 379 g/mol. The highest BCUT2D eigenvalue weighted by Crippen LogP contribution is 2.40. The van der Waals surface area contributed by atoms with E-state index < -0.39 is 24.4 Å². The number of carbonyl (C=O) groups excluding carboxylic acids is 1. The summed E-state index contributed by atoms with van der Waals surface area (Å²) in [6.45, 7) is 1.22. The first-order valence-electron chi connectivity index (χ1n) is 9.08. The van der Waals surface area contributed by atoms with Crippen LogP contribution in [0.2, 0.25) is 0 Å². The fourth-order valence-corrected chi connectivity index (χ4v) is 3.90. The third kappa shape index (κ3) is 3.20. The molecular formula is C21H21N3O4. The van der Waals surface area contributed by atoms with Crippen molar-refractivity contribution in [2.24, 2.45) is 5.73 Å². The fraction of sp³-hybridized carbons (Fsp3) is 0.238. The van der Waals surface area contributed by atoms with Crippen molar-refractivity contribution in [3.05, 3.63) is 65.4 Å². The number of hydrogen-bond donors (Lipinski definition) is 3. The lowest BCUT2D eigenvalue weighted by Crippen LogP contribution is -2.36. The molecule has 3 aromatic rings. The summed E-state index contributed by atoms with van der Waals surface area (Å²) >= 11 is 0. The van der Waals surface area contributed by atoms with Crippen LogP contribution in [0.1, 0.15) is 22.7 Å². The number of nitrogens with one attached hydrogen (secondary N) is 1. The van der Waals surface area contributed by atoms with Gasteiger partial charge in [-0.25, -0.2) is 4.79 Å². The lowest BCUT2D eigenvalue weighted by molar-refractivity contribution is -0.139. The standard InChI is InChI=1S/C21H21N3O4/c22-21(27)14-9-23-10-16-19(14)20-15(7-4-8-17(20)28-12-18(25)26)24(16)11-13-5-2-1-3-6-13/h1-8,14,23H,9-12H2,(H2,22,27)(H,25,26). The second-order valence-corrected chi connectivity index (χ2v) is 6.85. The summed E-state index contributed by atoms with van der Waals surface area (Å²) < 4.78 is 7.70. The summed E-state index contributed by atoms with van der Waals surface area (Å²) in [5.74, 6) is -1.52. The molecule has 0 radical (unpaired) electrons. The van der Waals surface area contributed by atoms with Gasteiger partial charge in [-0.1, -0.05) is 36.4 Å². The highest BCUT2D eigenvalue weighted by molar-refractivity contribution is 5.97. The summed E-state index contributed by atoms with van der Waals surface area (Å²) in [4.78, 5) is 23.1. The zero-order valence-electron chi connectivity index (χ0n) is 15.2. The molecule has 1 aliphatic heterocycles. The number of rotatable bonds is 6. The molecule has 1 aromatic heterocycles. The maximum Gasteiger partial charge on any atom is 0.341 e. The molecule has 144 valence electrons. The Morgan fingerprint density at radius 3 is 2.68 bits per heavy atom. The van der Waals surface area contributed by atoms with Crippen LogP contribution in [0.5, 0.6) is 5.75 Å². The van der Waals surface area contributed by atoms with Crippen LogP contribution >= 0.6 is 0 Å². The van der Waals surface area contributed by atoms with E-state index in [1.807, 2.05) is 42.5 Å². The van der Waals surface area contributed by atoms with Crippen molar-refractivity contribution >= 4 is 22.8 Å². The summed E-state index contributed by atoms with van der Waals surface area (Å²) in [7, 11) is 0. The smallest absolute Gasteiger partial charge is 0.341 e. The first-order valence-corrected chi connectivity index (χ1v) is 9.08. The van der Waals surface area contributed by atoms with E-state index in [-0.39, 0.29) is 0 Å². The number of aliphatic carboxylic acids is 1. The van der Waals surface area contributed by atoms with Gasteiger partial charge in [0, 0.05) is 30.7 Å². The van der Waals surface area contributed by atoms with E-state index in [0.29, 0.717) is 25.4 Å². The number of aromatic nitrogens is 1. The predicted molar refractivity (Wildman–Crippen MR) is 104 cm³/mol. The van der Waals surface area contributed by atoms with Crippen LogP contribution in [-0.2, 0) is 22.7 Å². The van der Waals surface area contributed by atoms with E-state index in [0.717, 1.165) is 27.7 Å². The number of carbonyl (C=O) groups is 2. The Hall–Kier alpha value is -3.32. The largest absolute Gasteiger partial charge is 0.481 e. The van der Waals surface area contributed by atoms with Crippen LogP contribution in [0.4, 0.5) is 0 Å². The van der Waals surface area contributed by atoms with Gasteiger partial charge in [-0.15, -0.1) is 0 Å². The molecule has 2 aromatic carbocycles. The van der Waals surface area contributed by atoms with Gasteiger partial charge < -0.3 is 25.5 Å². The Balaban J connectivity index is 1.93. The van der Waals surface area contributed by atoms with Crippen LogP contribution in [0.3, 0.4) is 0 Å². The normalized spacial score (nSPS) is 15.9. The molecular weight excluding hydrogens is 358 g/mol. The Bertz CT molecular complexity index is 1040. The summed E-state index contributed by atoms with van der Waals surface area (Å²) in [6.07, 6.45) is 0. The number of primary amides is 1. The minimum Gasteiger partial charge on any atom is -0.481 e. The van der Waals surface area contributed by atoms with Crippen LogP contribution in [0.25, 0.3) is 10.9 Å². The van der Waals surface area contributed by atoms with Crippen LogP contribution in [-0.4, -0.2) is 34.7 Å². The molecule has 1 amide bonds. The summed E-state index contributed by atoms with van der Waals surface area (Å²) in [6, 6.07) is 15.6. The number of benzene rings is 2. The number of nitrogens with two attached hydrogens (primary N) is 1. The number of ether oxygens (including phenoxy) is 1. The van der Waals surface area contributed by atoms with Crippen LogP contribution in [0, 0.1) is 0 Å². The van der Waals surface area contributed by atoms with Gasteiger partial charge in [0.25, 0.3) is 0 Å². The fourth-order valence-electron chi connectivity index (χ4n) is 3.90. The third-order valence-electron chi connectivity index (χ3n) is 5.07. The number of carboxylic acids is 1. The van der Waals surface area contributed by atoms with E-state index in [4.69, 9.17) is 15.6 Å². The summed E-state index contributed by atoms with van der Waals surface area (Å²) in [5, 5.41) is 13.0. The molecule has 7 nitrogen and oxygen atoms in total. The van der Waals surface area contributed by atoms with Crippen LogP contribution < -0.4 is 15.8 Å². The Morgan fingerprint density at radius 1 is 1.18 bits per heavy atom. The quantitative estimate of drug-likeness (QED) is 0.606. The van der Waals surface area contributed by atoms with Gasteiger partial charge in [-0.3, -0.25) is 4.79 Å². The van der Waals surface area contributed by atoms with Gasteiger partial charge in [0.15, 0.2) is 6.61 Å². The van der Waals surface area contributed by atoms with Crippen molar-refractivity contribution in [3.8, 4) is 5.75 Å². The topological polar surface area (TPSA) is 107 Å².